The zero-order chi connectivity index (χ0) is 17.4. The Balaban J connectivity index is 1.67. The van der Waals surface area contributed by atoms with Gasteiger partial charge in [-0.25, -0.2) is 4.79 Å². The van der Waals surface area contributed by atoms with Crippen molar-refractivity contribution in [2.45, 2.75) is 19.3 Å². The summed E-state index contributed by atoms with van der Waals surface area (Å²) in [4.78, 5) is 22.2. The van der Waals surface area contributed by atoms with E-state index in [4.69, 9.17) is 9.84 Å². The van der Waals surface area contributed by atoms with Crippen LogP contribution in [0.4, 0.5) is 0 Å². The van der Waals surface area contributed by atoms with E-state index < -0.39 is 5.97 Å². The molecule has 0 fully saturated rings. The number of nitrogens with one attached hydrogen (secondary N) is 1. The molecule has 0 atom stereocenters. The number of ether oxygens (including phenoxy) is 1. The molecule has 24 heavy (non-hydrogen) atoms. The van der Waals surface area contributed by atoms with Gasteiger partial charge < -0.3 is 15.2 Å². The first-order chi connectivity index (χ1) is 11.5. The minimum atomic E-state index is -1.01. The number of aromatic nitrogens is 2. The summed E-state index contributed by atoms with van der Waals surface area (Å²) in [6, 6.07) is 9.07. The van der Waals surface area contributed by atoms with E-state index in [1.165, 1.54) is 0 Å². The molecule has 1 aromatic heterocycles. The predicted octanol–water partition coefficient (Wildman–Crippen LogP) is 1.17. The van der Waals surface area contributed by atoms with Gasteiger partial charge in [0.25, 0.3) is 0 Å². The van der Waals surface area contributed by atoms with Crippen LogP contribution >= 0.6 is 0 Å². The van der Waals surface area contributed by atoms with Crippen LogP contribution in [-0.4, -0.2) is 39.9 Å². The number of benzene rings is 1. The number of carbonyl (C=O) groups excluding carboxylic acids is 1. The molecule has 0 aliphatic carbocycles. The van der Waals surface area contributed by atoms with Crippen LogP contribution in [0.1, 0.15) is 17.7 Å². The summed E-state index contributed by atoms with van der Waals surface area (Å²) in [5.74, 6) is -0.480. The molecule has 0 unspecified atom stereocenters. The first kappa shape index (κ1) is 17.5. The molecule has 1 heterocycles. The second-order valence-electron chi connectivity index (χ2n) is 5.37. The Bertz CT molecular complexity index is 679. The lowest BCUT2D eigenvalue weighted by Crippen LogP contribution is -2.26. The third kappa shape index (κ3) is 5.75. The van der Waals surface area contributed by atoms with E-state index in [0.29, 0.717) is 31.6 Å². The molecule has 7 nitrogen and oxygen atoms in total. The maximum absolute atomic E-state index is 11.8. The van der Waals surface area contributed by atoms with Gasteiger partial charge in [-0.05, 0) is 36.6 Å². The fraction of sp³-hybridized carbons (Fsp3) is 0.353. The lowest BCUT2D eigenvalue weighted by Gasteiger charge is -2.07. The molecule has 0 saturated carbocycles. The van der Waals surface area contributed by atoms with E-state index in [1.54, 1.807) is 23.0 Å². The summed E-state index contributed by atoms with van der Waals surface area (Å²) in [6.45, 7) is 0.200. The van der Waals surface area contributed by atoms with Crippen LogP contribution in [0.2, 0.25) is 0 Å². The molecular weight excluding hydrogens is 310 g/mol. The molecule has 0 spiro atoms. The fourth-order valence-corrected chi connectivity index (χ4v) is 2.22. The first-order valence-electron chi connectivity index (χ1n) is 7.71. The van der Waals surface area contributed by atoms with Crippen molar-refractivity contribution in [3.63, 3.8) is 0 Å². The number of aliphatic carboxylic acids is 1. The van der Waals surface area contributed by atoms with Gasteiger partial charge in [0.05, 0.1) is 0 Å². The quantitative estimate of drug-likeness (QED) is 0.719. The van der Waals surface area contributed by atoms with Crippen LogP contribution in [0.3, 0.4) is 0 Å². The van der Waals surface area contributed by atoms with Gasteiger partial charge in [0.2, 0.25) is 5.91 Å². The summed E-state index contributed by atoms with van der Waals surface area (Å²) in [5, 5.41) is 15.5. The van der Waals surface area contributed by atoms with Crippen molar-refractivity contribution in [1.29, 1.82) is 0 Å². The van der Waals surface area contributed by atoms with Gasteiger partial charge in [0, 0.05) is 31.9 Å². The molecule has 2 N–H and O–H groups in total. The molecule has 7 heteroatoms. The first-order valence-corrected chi connectivity index (χ1v) is 7.71. The highest BCUT2D eigenvalue weighted by Crippen LogP contribution is 2.12. The lowest BCUT2D eigenvalue weighted by atomic mass is 10.1. The average molecular weight is 331 g/mol. The van der Waals surface area contributed by atoms with Crippen LogP contribution in [0.5, 0.6) is 5.75 Å². The van der Waals surface area contributed by atoms with Gasteiger partial charge in [-0.3, -0.25) is 9.48 Å². The van der Waals surface area contributed by atoms with Gasteiger partial charge in [-0.15, -0.1) is 0 Å². The zero-order valence-corrected chi connectivity index (χ0v) is 13.6. The highest BCUT2D eigenvalue weighted by atomic mass is 16.5. The lowest BCUT2D eigenvalue weighted by molar-refractivity contribution is -0.139. The number of carboxylic acid groups (broad SMARTS) is 1. The summed E-state index contributed by atoms with van der Waals surface area (Å²) in [6.07, 6.45) is 3.52. The standard InChI is InChI=1S/C17H21N3O4/c1-20-14(9-11-19-20)4-7-16(21)18-10-8-13-2-5-15(6-3-13)24-12-17(22)23/h2-3,5-6,9,11H,4,7-8,10,12H2,1H3,(H,18,21)(H,22,23). The van der Waals surface area contributed by atoms with Crippen molar-refractivity contribution in [1.82, 2.24) is 15.1 Å². The molecule has 2 rings (SSSR count). The summed E-state index contributed by atoms with van der Waals surface area (Å²) < 4.78 is 6.83. The smallest absolute Gasteiger partial charge is 0.341 e. The van der Waals surface area contributed by atoms with E-state index in [-0.39, 0.29) is 12.5 Å². The molecule has 0 bridgehead atoms. The number of nitrogens with zero attached hydrogens (tertiary/aromatic N) is 2. The SMILES string of the molecule is Cn1nccc1CCC(=O)NCCc1ccc(OCC(=O)O)cc1. The largest absolute Gasteiger partial charge is 0.482 e. The van der Waals surface area contributed by atoms with E-state index in [2.05, 4.69) is 10.4 Å². The number of hydrogen-bond donors (Lipinski definition) is 2. The molecule has 0 radical (unpaired) electrons. The highest BCUT2D eigenvalue weighted by Gasteiger charge is 2.05. The molecule has 1 amide bonds. The van der Waals surface area contributed by atoms with Crippen LogP contribution in [0, 0.1) is 0 Å². The minimum absolute atomic E-state index is 0.0117. The third-order valence-electron chi connectivity index (χ3n) is 3.55. The topological polar surface area (TPSA) is 93.5 Å². The van der Waals surface area contributed by atoms with Crippen molar-refractivity contribution < 1.29 is 19.4 Å². The normalized spacial score (nSPS) is 10.4. The molecule has 0 saturated heterocycles. The predicted molar refractivity (Wildman–Crippen MR) is 87.8 cm³/mol. The third-order valence-corrected chi connectivity index (χ3v) is 3.55. The molecule has 128 valence electrons. The maximum Gasteiger partial charge on any atom is 0.341 e. The Morgan fingerprint density at radius 2 is 1.96 bits per heavy atom. The fourth-order valence-electron chi connectivity index (χ4n) is 2.22. The van der Waals surface area contributed by atoms with Crippen LogP contribution in [0.15, 0.2) is 36.5 Å². The monoisotopic (exact) mass is 331 g/mol. The molecule has 0 aliphatic heterocycles. The Morgan fingerprint density at radius 3 is 2.58 bits per heavy atom. The van der Waals surface area contributed by atoms with Crippen molar-refractivity contribution in [2.24, 2.45) is 7.05 Å². The molecular formula is C17H21N3O4. The summed E-state index contributed by atoms with van der Waals surface area (Å²) in [7, 11) is 1.86. The van der Waals surface area contributed by atoms with Crippen LogP contribution < -0.4 is 10.1 Å². The second kappa shape index (κ2) is 8.71. The van der Waals surface area contributed by atoms with Gasteiger partial charge in [0.1, 0.15) is 5.75 Å². The van der Waals surface area contributed by atoms with E-state index in [9.17, 15) is 9.59 Å². The maximum atomic E-state index is 11.8. The van der Waals surface area contributed by atoms with Gasteiger partial charge in [0.15, 0.2) is 6.61 Å². The van der Waals surface area contributed by atoms with E-state index >= 15 is 0 Å². The Labute approximate surface area is 140 Å². The Morgan fingerprint density at radius 1 is 1.21 bits per heavy atom. The molecule has 1 aromatic carbocycles. The molecule has 0 aliphatic rings. The van der Waals surface area contributed by atoms with E-state index in [1.807, 2.05) is 25.2 Å². The average Bonchev–Trinajstić information content (AvgIpc) is 2.97. The van der Waals surface area contributed by atoms with E-state index in [0.717, 1.165) is 11.3 Å². The summed E-state index contributed by atoms with van der Waals surface area (Å²) in [5.41, 5.74) is 2.08. The highest BCUT2D eigenvalue weighted by molar-refractivity contribution is 5.76. The number of carbonyl (C=O) groups is 2. The van der Waals surface area contributed by atoms with Crippen molar-refractivity contribution in [3.8, 4) is 5.75 Å². The number of hydrogen-bond acceptors (Lipinski definition) is 4. The summed E-state index contributed by atoms with van der Waals surface area (Å²) >= 11 is 0. The molecule has 2 aromatic rings. The second-order valence-corrected chi connectivity index (χ2v) is 5.37. The number of carboxylic acids is 1. The van der Waals surface area contributed by atoms with Crippen molar-refractivity contribution in [2.75, 3.05) is 13.2 Å². The number of aryl methyl sites for hydroxylation is 2. The van der Waals surface area contributed by atoms with Gasteiger partial charge in [-0.2, -0.15) is 5.10 Å². The minimum Gasteiger partial charge on any atom is -0.482 e. The number of amides is 1. The zero-order valence-electron chi connectivity index (χ0n) is 13.6. The van der Waals surface area contributed by atoms with Gasteiger partial charge >= 0.3 is 5.97 Å². The van der Waals surface area contributed by atoms with Gasteiger partial charge in [-0.1, -0.05) is 12.1 Å². The van der Waals surface area contributed by atoms with Crippen molar-refractivity contribution in [3.05, 3.63) is 47.8 Å². The Kier molecular flexibility index (Phi) is 6.36. The Hall–Kier alpha value is -2.83. The van der Waals surface area contributed by atoms with Crippen molar-refractivity contribution >= 4 is 11.9 Å². The van der Waals surface area contributed by atoms with Crippen LogP contribution in [-0.2, 0) is 29.5 Å². The van der Waals surface area contributed by atoms with Crippen LogP contribution in [0.25, 0.3) is 0 Å². The number of rotatable bonds is 9.